The molecule has 0 bridgehead atoms. The van der Waals surface area contributed by atoms with Crippen LogP contribution in [-0.4, -0.2) is 11.6 Å². The summed E-state index contributed by atoms with van der Waals surface area (Å²) in [7, 11) is 0. The van der Waals surface area contributed by atoms with Crippen molar-refractivity contribution in [1.82, 2.24) is 0 Å². The van der Waals surface area contributed by atoms with Gasteiger partial charge in [-0.2, -0.15) is 0 Å². The average Bonchev–Trinajstić information content (AvgIpc) is 2.84. The van der Waals surface area contributed by atoms with Gasteiger partial charge in [-0.3, -0.25) is 9.59 Å². The zero-order chi connectivity index (χ0) is 22.1. The predicted octanol–water partition coefficient (Wildman–Crippen LogP) is 7.29. The number of rotatable bonds is 5. The van der Waals surface area contributed by atoms with Crippen LogP contribution < -0.4 is 0 Å². The maximum atomic E-state index is 13.2. The van der Waals surface area contributed by atoms with Crippen molar-refractivity contribution in [3.05, 3.63) is 120 Å². The normalized spacial score (nSPS) is 11.0. The van der Waals surface area contributed by atoms with Gasteiger partial charge in [0, 0.05) is 17.5 Å². The van der Waals surface area contributed by atoms with Crippen molar-refractivity contribution in [1.29, 1.82) is 0 Å². The molecule has 32 heavy (non-hydrogen) atoms. The molecule has 0 atom stereocenters. The molecule has 0 aromatic heterocycles. The second-order valence-corrected chi connectivity index (χ2v) is 8.12. The quantitative estimate of drug-likeness (QED) is 0.223. The molecule has 5 aromatic rings. The summed E-state index contributed by atoms with van der Waals surface area (Å²) in [6.45, 7) is 1.58. The van der Waals surface area contributed by atoms with E-state index in [1.807, 2.05) is 72.8 Å². The van der Waals surface area contributed by atoms with E-state index in [0.29, 0.717) is 17.5 Å². The van der Waals surface area contributed by atoms with Crippen molar-refractivity contribution in [2.75, 3.05) is 0 Å². The van der Waals surface area contributed by atoms with Crippen molar-refractivity contribution < 1.29 is 9.59 Å². The molecule has 5 rings (SSSR count). The lowest BCUT2D eigenvalue weighted by Crippen LogP contribution is -2.04. The Labute approximate surface area is 187 Å². The molecule has 0 N–H and O–H groups in total. The van der Waals surface area contributed by atoms with Gasteiger partial charge < -0.3 is 0 Å². The van der Waals surface area contributed by atoms with E-state index in [2.05, 4.69) is 30.3 Å². The van der Waals surface area contributed by atoms with Gasteiger partial charge in [0.25, 0.3) is 0 Å². The molecule has 2 heteroatoms. The minimum atomic E-state index is 0.0496. The second-order valence-electron chi connectivity index (χ2n) is 8.12. The smallest absolute Gasteiger partial charge is 0.167 e. The van der Waals surface area contributed by atoms with Crippen LogP contribution in [0.1, 0.15) is 33.2 Å². The SMILES string of the molecule is CC(=O)c1ccc2ccc3c(CC(=O)c4cccc(-c5ccccc5)c4)cccc3c2c1. The lowest BCUT2D eigenvalue weighted by molar-refractivity contribution is 0.0990. The highest BCUT2D eigenvalue weighted by Crippen LogP contribution is 2.30. The minimum Gasteiger partial charge on any atom is -0.295 e. The van der Waals surface area contributed by atoms with Crippen LogP contribution >= 0.6 is 0 Å². The summed E-state index contributed by atoms with van der Waals surface area (Å²) >= 11 is 0. The third-order valence-electron chi connectivity index (χ3n) is 6.02. The Bertz CT molecular complexity index is 1480. The average molecular weight is 415 g/mol. The maximum Gasteiger partial charge on any atom is 0.167 e. The van der Waals surface area contributed by atoms with Gasteiger partial charge in [-0.15, -0.1) is 0 Å². The van der Waals surface area contributed by atoms with Crippen molar-refractivity contribution in [2.45, 2.75) is 13.3 Å². The highest BCUT2D eigenvalue weighted by atomic mass is 16.1. The van der Waals surface area contributed by atoms with Crippen LogP contribution in [0.2, 0.25) is 0 Å². The molecule has 154 valence electrons. The number of carbonyl (C=O) groups is 2. The van der Waals surface area contributed by atoms with Crippen molar-refractivity contribution in [3.63, 3.8) is 0 Å². The van der Waals surface area contributed by atoms with Gasteiger partial charge >= 0.3 is 0 Å². The van der Waals surface area contributed by atoms with Crippen LogP contribution in [0, 0.1) is 0 Å². The first kappa shape index (κ1) is 19.9. The Morgan fingerprint density at radius 3 is 2.16 bits per heavy atom. The van der Waals surface area contributed by atoms with Crippen molar-refractivity contribution in [3.8, 4) is 11.1 Å². The van der Waals surface area contributed by atoms with Crippen molar-refractivity contribution in [2.24, 2.45) is 0 Å². The van der Waals surface area contributed by atoms with Crippen LogP contribution in [-0.2, 0) is 6.42 Å². The zero-order valence-electron chi connectivity index (χ0n) is 17.8. The fourth-order valence-corrected chi connectivity index (χ4v) is 4.30. The van der Waals surface area contributed by atoms with E-state index in [-0.39, 0.29) is 11.6 Å². The molecule has 0 aliphatic heterocycles. The third kappa shape index (κ3) is 3.72. The molecule has 0 heterocycles. The zero-order valence-corrected chi connectivity index (χ0v) is 17.8. The molecule has 0 unspecified atom stereocenters. The molecule has 0 spiro atoms. The highest BCUT2D eigenvalue weighted by Gasteiger charge is 2.12. The van der Waals surface area contributed by atoms with Gasteiger partial charge in [0.15, 0.2) is 11.6 Å². The van der Waals surface area contributed by atoms with Crippen LogP contribution in [0.3, 0.4) is 0 Å². The number of ketones is 2. The molecule has 0 saturated carbocycles. The predicted molar refractivity (Wildman–Crippen MR) is 131 cm³/mol. The van der Waals surface area contributed by atoms with E-state index in [4.69, 9.17) is 0 Å². The number of benzene rings is 5. The molecular weight excluding hydrogens is 392 g/mol. The van der Waals surface area contributed by atoms with E-state index in [1.54, 1.807) is 6.92 Å². The molecule has 0 fully saturated rings. The summed E-state index contributed by atoms with van der Waals surface area (Å²) in [6.07, 6.45) is 0.327. The second kappa shape index (κ2) is 8.24. The molecule has 0 amide bonds. The van der Waals surface area contributed by atoms with Gasteiger partial charge in [-0.25, -0.2) is 0 Å². The van der Waals surface area contributed by atoms with Crippen LogP contribution in [0.15, 0.2) is 103 Å². The van der Waals surface area contributed by atoms with Crippen LogP contribution in [0.4, 0.5) is 0 Å². The number of fused-ring (bicyclic) bond motifs is 3. The number of hydrogen-bond donors (Lipinski definition) is 0. The fraction of sp³-hybridized carbons (Fsp3) is 0.0667. The first-order chi connectivity index (χ1) is 15.6. The summed E-state index contributed by atoms with van der Waals surface area (Å²) in [5.41, 5.74) is 4.54. The molecule has 0 saturated heterocycles. The summed E-state index contributed by atoms with van der Waals surface area (Å²) in [5, 5.41) is 4.24. The Kier molecular flexibility index (Phi) is 5.12. The maximum absolute atomic E-state index is 13.2. The number of Topliss-reactive ketones (excluding diaryl/α,β-unsaturated/α-hetero) is 2. The Hall–Kier alpha value is -4.04. The van der Waals surface area contributed by atoms with Crippen LogP contribution in [0.5, 0.6) is 0 Å². The molecular formula is C30H22O2. The number of hydrogen-bond acceptors (Lipinski definition) is 2. The van der Waals surface area contributed by atoms with Gasteiger partial charge in [-0.05, 0) is 57.3 Å². The van der Waals surface area contributed by atoms with Crippen molar-refractivity contribution >= 4 is 33.1 Å². The Balaban J connectivity index is 1.53. The first-order valence-corrected chi connectivity index (χ1v) is 10.7. The van der Waals surface area contributed by atoms with Gasteiger partial charge in [0.1, 0.15) is 0 Å². The summed E-state index contributed by atoms with van der Waals surface area (Å²) in [6, 6.07) is 33.9. The van der Waals surface area contributed by atoms with E-state index >= 15 is 0 Å². The lowest BCUT2D eigenvalue weighted by Gasteiger charge is -2.10. The summed E-state index contributed by atoms with van der Waals surface area (Å²) < 4.78 is 0. The van der Waals surface area contributed by atoms with E-state index in [0.717, 1.165) is 38.2 Å². The Morgan fingerprint density at radius 2 is 1.34 bits per heavy atom. The standard InChI is InChI=1S/C30H22O2/c1-20(31)23-14-13-22-15-16-27-25(10-6-12-28(27)29(22)18-23)19-30(32)26-11-5-9-24(17-26)21-7-3-2-4-8-21/h2-18H,19H2,1H3. The van der Waals surface area contributed by atoms with Crippen LogP contribution in [0.25, 0.3) is 32.7 Å². The molecule has 0 aliphatic carbocycles. The molecule has 2 nitrogen and oxygen atoms in total. The number of carbonyl (C=O) groups excluding carboxylic acids is 2. The highest BCUT2D eigenvalue weighted by molar-refractivity contribution is 6.12. The third-order valence-corrected chi connectivity index (χ3v) is 6.02. The lowest BCUT2D eigenvalue weighted by atomic mass is 9.93. The largest absolute Gasteiger partial charge is 0.295 e. The summed E-state index contributed by atoms with van der Waals surface area (Å²) in [5.74, 6) is 0.140. The fourth-order valence-electron chi connectivity index (χ4n) is 4.30. The van der Waals surface area contributed by atoms with E-state index < -0.39 is 0 Å². The molecule has 0 radical (unpaired) electrons. The molecule has 0 aliphatic rings. The minimum absolute atomic E-state index is 0.0496. The van der Waals surface area contributed by atoms with Gasteiger partial charge in [-0.1, -0.05) is 91.0 Å². The summed E-state index contributed by atoms with van der Waals surface area (Å²) in [4.78, 5) is 25.1. The first-order valence-electron chi connectivity index (χ1n) is 10.7. The van der Waals surface area contributed by atoms with Gasteiger partial charge in [0.2, 0.25) is 0 Å². The topological polar surface area (TPSA) is 34.1 Å². The van der Waals surface area contributed by atoms with E-state index in [9.17, 15) is 9.59 Å². The monoisotopic (exact) mass is 414 g/mol. The van der Waals surface area contributed by atoms with Gasteiger partial charge in [0.05, 0.1) is 0 Å². The Morgan fingerprint density at radius 1 is 0.594 bits per heavy atom. The van der Waals surface area contributed by atoms with E-state index in [1.165, 1.54) is 0 Å². The molecule has 5 aromatic carbocycles.